The minimum Gasteiger partial charge on any atom is -0.452 e. The summed E-state index contributed by atoms with van der Waals surface area (Å²) in [5.74, 6) is -2.79. The average Bonchev–Trinajstić information content (AvgIpc) is 3.28. The molecule has 2 amide bonds. The van der Waals surface area contributed by atoms with E-state index in [9.17, 15) is 18.8 Å². The lowest BCUT2D eigenvalue weighted by molar-refractivity contribution is -0.156. The summed E-state index contributed by atoms with van der Waals surface area (Å²) in [4.78, 5) is 44.2. The van der Waals surface area contributed by atoms with E-state index in [0.717, 1.165) is 32.1 Å². The summed E-state index contributed by atoms with van der Waals surface area (Å²) >= 11 is 1.37. The monoisotopic (exact) mass is 445 g/mol. The van der Waals surface area contributed by atoms with E-state index in [1.165, 1.54) is 36.5 Å². The van der Waals surface area contributed by atoms with Gasteiger partial charge in [-0.3, -0.25) is 19.3 Å². The Hall–Kier alpha value is -2.81. The third-order valence-corrected chi connectivity index (χ3v) is 6.55. The second-order valence-electron chi connectivity index (χ2n) is 7.93. The van der Waals surface area contributed by atoms with Crippen LogP contribution in [0.4, 0.5) is 15.2 Å². The number of hydrogen-bond acceptors (Lipinski definition) is 6. The summed E-state index contributed by atoms with van der Waals surface area (Å²) in [5, 5.41) is 4.98. The number of thiazole rings is 1. The van der Waals surface area contributed by atoms with Crippen LogP contribution >= 0.6 is 11.3 Å². The van der Waals surface area contributed by atoms with E-state index in [4.69, 9.17) is 4.74 Å². The molecule has 31 heavy (non-hydrogen) atoms. The van der Waals surface area contributed by atoms with Gasteiger partial charge < -0.3 is 10.1 Å². The van der Waals surface area contributed by atoms with E-state index in [1.54, 1.807) is 11.1 Å². The van der Waals surface area contributed by atoms with Gasteiger partial charge in [0.2, 0.25) is 5.91 Å². The number of amides is 2. The molecule has 1 aliphatic carbocycles. The number of rotatable bonds is 5. The van der Waals surface area contributed by atoms with E-state index < -0.39 is 29.7 Å². The predicted octanol–water partition coefficient (Wildman–Crippen LogP) is 4.01. The molecule has 1 aromatic carbocycles. The highest BCUT2D eigenvalue weighted by Gasteiger charge is 2.37. The van der Waals surface area contributed by atoms with Crippen molar-refractivity contribution in [2.24, 2.45) is 0 Å². The van der Waals surface area contributed by atoms with Crippen LogP contribution in [0.1, 0.15) is 56.9 Å². The van der Waals surface area contributed by atoms with Crippen molar-refractivity contribution in [1.29, 1.82) is 0 Å². The molecule has 1 aliphatic heterocycles. The molecular formula is C22H24FN3O4S. The molecule has 7 nitrogen and oxygen atoms in total. The van der Waals surface area contributed by atoms with Crippen molar-refractivity contribution in [2.45, 2.75) is 63.5 Å². The fourth-order valence-electron chi connectivity index (χ4n) is 4.25. The van der Waals surface area contributed by atoms with Crippen molar-refractivity contribution in [1.82, 2.24) is 4.98 Å². The van der Waals surface area contributed by atoms with Gasteiger partial charge in [0.15, 0.2) is 11.2 Å². The molecule has 2 heterocycles. The van der Waals surface area contributed by atoms with Crippen LogP contribution in [0.2, 0.25) is 0 Å². The summed E-state index contributed by atoms with van der Waals surface area (Å²) in [6, 6.07) is 3.90. The molecule has 0 saturated heterocycles. The van der Waals surface area contributed by atoms with Crippen molar-refractivity contribution in [3.63, 3.8) is 0 Å². The first-order chi connectivity index (χ1) is 14.9. The van der Waals surface area contributed by atoms with Crippen LogP contribution in [0, 0.1) is 5.82 Å². The van der Waals surface area contributed by atoms with Gasteiger partial charge in [0.05, 0.1) is 5.92 Å². The van der Waals surface area contributed by atoms with Crippen LogP contribution in [0.3, 0.4) is 0 Å². The number of benzene rings is 1. The zero-order valence-corrected chi connectivity index (χ0v) is 18.0. The van der Waals surface area contributed by atoms with Crippen molar-refractivity contribution in [3.05, 3.63) is 41.2 Å². The highest BCUT2D eigenvalue weighted by atomic mass is 32.1. The molecular weight excluding hydrogens is 421 g/mol. The Morgan fingerprint density at radius 3 is 2.77 bits per heavy atom. The average molecular weight is 446 g/mol. The van der Waals surface area contributed by atoms with Gasteiger partial charge in [-0.1, -0.05) is 25.3 Å². The molecule has 0 radical (unpaired) electrons. The van der Waals surface area contributed by atoms with Gasteiger partial charge in [0, 0.05) is 29.7 Å². The van der Waals surface area contributed by atoms with Gasteiger partial charge in [-0.25, -0.2) is 9.37 Å². The molecule has 164 valence electrons. The first-order valence-corrected chi connectivity index (χ1v) is 11.3. The summed E-state index contributed by atoms with van der Waals surface area (Å²) in [5.41, 5.74) is 0.735. The molecule has 2 atom stereocenters. The fraction of sp³-hybridized carbons (Fsp3) is 0.455. The number of halogens is 1. The Balaban J connectivity index is 1.51. The van der Waals surface area contributed by atoms with E-state index in [-0.39, 0.29) is 24.1 Å². The molecule has 2 aromatic rings. The summed E-state index contributed by atoms with van der Waals surface area (Å²) in [7, 11) is 0. The van der Waals surface area contributed by atoms with Gasteiger partial charge in [-0.2, -0.15) is 0 Å². The second-order valence-corrected chi connectivity index (χ2v) is 8.80. The summed E-state index contributed by atoms with van der Waals surface area (Å²) < 4.78 is 19.1. The number of hydrogen-bond donors (Lipinski definition) is 1. The largest absolute Gasteiger partial charge is 0.452 e. The van der Waals surface area contributed by atoms with Gasteiger partial charge in [0.1, 0.15) is 5.82 Å². The van der Waals surface area contributed by atoms with Crippen molar-refractivity contribution in [2.75, 3.05) is 10.2 Å². The number of carbonyl (C=O) groups excluding carboxylic acids is 3. The predicted molar refractivity (Wildman–Crippen MR) is 114 cm³/mol. The maximum absolute atomic E-state index is 13.5. The normalized spacial score (nSPS) is 19.8. The Morgan fingerprint density at radius 2 is 2.06 bits per heavy atom. The quantitative estimate of drug-likeness (QED) is 0.703. The molecule has 0 unspecified atom stereocenters. The summed E-state index contributed by atoms with van der Waals surface area (Å²) in [6.07, 6.45) is 5.49. The Morgan fingerprint density at radius 1 is 1.29 bits per heavy atom. The standard InChI is InChI=1S/C22H24FN3O4S/c1-13(20(28)26(22-24-9-10-31-22)15-5-3-2-4-6-15)30-21(29)17-12-19(27)25-18-11-14(23)7-8-16(17)18/h7-11,13,15,17H,2-6,12H2,1H3,(H,25,27)/t13-,17-/m1/s1. The maximum Gasteiger partial charge on any atom is 0.314 e. The number of esters is 1. The van der Waals surface area contributed by atoms with Gasteiger partial charge >= 0.3 is 5.97 Å². The molecule has 4 rings (SSSR count). The van der Waals surface area contributed by atoms with Crippen LogP contribution in [0.5, 0.6) is 0 Å². The molecule has 1 aromatic heterocycles. The van der Waals surface area contributed by atoms with Crippen molar-refractivity contribution in [3.8, 4) is 0 Å². The highest BCUT2D eigenvalue weighted by molar-refractivity contribution is 7.13. The van der Waals surface area contributed by atoms with E-state index >= 15 is 0 Å². The van der Waals surface area contributed by atoms with Crippen LogP contribution in [0.25, 0.3) is 0 Å². The van der Waals surface area contributed by atoms with Crippen LogP contribution in [-0.4, -0.2) is 34.9 Å². The van der Waals surface area contributed by atoms with Crippen molar-refractivity contribution >= 4 is 39.9 Å². The zero-order valence-electron chi connectivity index (χ0n) is 17.2. The minimum absolute atomic E-state index is 0.0257. The number of nitrogens with zero attached hydrogens (tertiary/aromatic N) is 2. The second kappa shape index (κ2) is 9.13. The Kier molecular flexibility index (Phi) is 6.31. The maximum atomic E-state index is 13.5. The smallest absolute Gasteiger partial charge is 0.314 e. The minimum atomic E-state index is -1.03. The molecule has 0 bridgehead atoms. The Labute approximate surface area is 183 Å². The summed E-state index contributed by atoms with van der Waals surface area (Å²) in [6.45, 7) is 1.54. The molecule has 1 fully saturated rings. The van der Waals surface area contributed by atoms with Crippen LogP contribution in [0.15, 0.2) is 29.8 Å². The van der Waals surface area contributed by atoms with E-state index in [0.29, 0.717) is 10.7 Å². The van der Waals surface area contributed by atoms with Crippen LogP contribution in [-0.2, 0) is 19.1 Å². The lowest BCUT2D eigenvalue weighted by atomic mass is 9.90. The fourth-order valence-corrected chi connectivity index (χ4v) is 4.97. The topological polar surface area (TPSA) is 88.6 Å². The SMILES string of the molecule is C[C@@H](OC(=O)[C@@H]1CC(=O)Nc2cc(F)ccc21)C(=O)N(c1nccs1)C1CCCCC1. The molecule has 2 aliphatic rings. The zero-order chi connectivity index (χ0) is 22.0. The van der Waals surface area contributed by atoms with E-state index in [2.05, 4.69) is 10.3 Å². The van der Waals surface area contributed by atoms with Gasteiger partial charge in [-0.05, 0) is 37.5 Å². The van der Waals surface area contributed by atoms with Gasteiger partial charge in [0.25, 0.3) is 5.91 Å². The number of anilines is 2. The number of nitrogens with one attached hydrogen (secondary N) is 1. The first kappa shape index (κ1) is 21.4. The van der Waals surface area contributed by atoms with Crippen molar-refractivity contribution < 1.29 is 23.5 Å². The van der Waals surface area contributed by atoms with Crippen LogP contribution < -0.4 is 10.2 Å². The molecule has 1 saturated carbocycles. The third-order valence-electron chi connectivity index (χ3n) is 5.78. The number of aromatic nitrogens is 1. The number of ether oxygens (including phenoxy) is 1. The number of fused-ring (bicyclic) bond motifs is 1. The number of carbonyl (C=O) groups is 3. The lowest BCUT2D eigenvalue weighted by Gasteiger charge is -2.34. The Bertz CT molecular complexity index is 975. The molecule has 1 N–H and O–H groups in total. The third kappa shape index (κ3) is 4.61. The molecule has 0 spiro atoms. The molecule has 9 heteroatoms. The first-order valence-electron chi connectivity index (χ1n) is 10.5. The highest BCUT2D eigenvalue weighted by Crippen LogP contribution is 2.34. The lowest BCUT2D eigenvalue weighted by Crippen LogP contribution is -2.47. The van der Waals surface area contributed by atoms with Gasteiger partial charge in [-0.15, -0.1) is 11.3 Å². The van der Waals surface area contributed by atoms with E-state index in [1.807, 2.05) is 5.38 Å².